The molecule has 0 aliphatic carbocycles. The van der Waals surface area contributed by atoms with Crippen molar-refractivity contribution in [2.45, 2.75) is 17.7 Å². The minimum absolute atomic E-state index is 0.117. The lowest BCUT2D eigenvalue weighted by molar-refractivity contribution is -0.121. The zero-order valence-corrected chi connectivity index (χ0v) is 16.7. The van der Waals surface area contributed by atoms with E-state index in [0.717, 1.165) is 16.5 Å². The van der Waals surface area contributed by atoms with E-state index in [2.05, 4.69) is 5.32 Å². The molecule has 0 unspecified atom stereocenters. The number of hydrogen-bond acceptors (Lipinski definition) is 4. The Morgan fingerprint density at radius 2 is 1.72 bits per heavy atom. The Balaban J connectivity index is 1.29. The fourth-order valence-electron chi connectivity index (χ4n) is 3.55. The average molecular weight is 410 g/mol. The number of amides is 1. The number of carbonyl (C=O) groups excluding carboxylic acids is 1. The van der Waals surface area contributed by atoms with E-state index in [4.69, 9.17) is 4.74 Å². The van der Waals surface area contributed by atoms with Crippen molar-refractivity contribution in [3.63, 3.8) is 0 Å². The van der Waals surface area contributed by atoms with Gasteiger partial charge in [-0.1, -0.05) is 42.5 Å². The number of hydrogen-bond donors (Lipinski definition) is 1. The molecule has 7 heteroatoms. The summed E-state index contributed by atoms with van der Waals surface area (Å²) in [6.07, 6.45) is 0.693. The van der Waals surface area contributed by atoms with E-state index in [1.54, 1.807) is 12.1 Å². The predicted molar refractivity (Wildman–Crippen MR) is 113 cm³/mol. The lowest BCUT2D eigenvalue weighted by atomic mass is 10.1. The molecule has 1 aliphatic rings. The van der Waals surface area contributed by atoms with Gasteiger partial charge in [-0.2, -0.15) is 0 Å². The molecule has 1 amide bonds. The van der Waals surface area contributed by atoms with E-state index in [9.17, 15) is 13.2 Å². The molecule has 4 rings (SSSR count). The molecule has 0 fully saturated rings. The standard InChI is InChI=1S/C22H22N2O4S/c25-21(23-14-16-28-18-9-2-1-3-10-18)13-6-15-24-19-11-4-7-17-8-5-12-20(22(17)19)29(24,26)27/h1-5,7-12H,6,13-16H2,(H,23,25). The first kappa shape index (κ1) is 19.3. The summed E-state index contributed by atoms with van der Waals surface area (Å²) >= 11 is 0. The van der Waals surface area contributed by atoms with Gasteiger partial charge in [0, 0.05) is 18.4 Å². The summed E-state index contributed by atoms with van der Waals surface area (Å²) in [6.45, 7) is 1.05. The monoisotopic (exact) mass is 410 g/mol. The smallest absolute Gasteiger partial charge is 0.265 e. The van der Waals surface area contributed by atoms with Crippen LogP contribution in [-0.4, -0.2) is 34.0 Å². The first-order valence-corrected chi connectivity index (χ1v) is 11.0. The Hall–Kier alpha value is -3.06. The molecule has 3 aromatic rings. The molecule has 6 nitrogen and oxygen atoms in total. The van der Waals surface area contributed by atoms with Crippen molar-refractivity contribution in [3.05, 3.63) is 66.7 Å². The summed E-state index contributed by atoms with van der Waals surface area (Å²) in [5, 5.41) is 4.47. The Morgan fingerprint density at radius 3 is 2.52 bits per heavy atom. The molecule has 0 atom stereocenters. The van der Waals surface area contributed by atoms with Crippen molar-refractivity contribution >= 4 is 32.4 Å². The van der Waals surface area contributed by atoms with E-state index >= 15 is 0 Å². The highest BCUT2D eigenvalue weighted by Crippen LogP contribution is 2.41. The summed E-state index contributed by atoms with van der Waals surface area (Å²) in [7, 11) is -3.57. The van der Waals surface area contributed by atoms with Crippen molar-refractivity contribution in [3.8, 4) is 5.75 Å². The Morgan fingerprint density at radius 1 is 0.966 bits per heavy atom. The van der Waals surface area contributed by atoms with Crippen LogP contribution in [0.5, 0.6) is 5.75 Å². The topological polar surface area (TPSA) is 75.7 Å². The van der Waals surface area contributed by atoms with Crippen LogP contribution in [0.2, 0.25) is 0 Å². The van der Waals surface area contributed by atoms with Crippen LogP contribution in [0.1, 0.15) is 12.8 Å². The SMILES string of the molecule is O=C(CCCN1c2cccc3cccc(c23)S1(=O)=O)NCCOc1ccccc1. The normalized spacial score (nSPS) is 14.1. The summed E-state index contributed by atoms with van der Waals surface area (Å²) in [5.74, 6) is 0.642. The highest BCUT2D eigenvalue weighted by atomic mass is 32.2. The summed E-state index contributed by atoms with van der Waals surface area (Å²) in [4.78, 5) is 12.4. The first-order valence-electron chi connectivity index (χ1n) is 9.56. The van der Waals surface area contributed by atoms with E-state index in [0.29, 0.717) is 30.2 Å². The molecule has 0 saturated heterocycles. The van der Waals surface area contributed by atoms with Gasteiger partial charge < -0.3 is 10.1 Å². The number of para-hydroxylation sites is 1. The van der Waals surface area contributed by atoms with Crippen molar-refractivity contribution in [1.29, 1.82) is 0 Å². The summed E-state index contributed by atoms with van der Waals surface area (Å²) < 4.78 is 32.7. The molecule has 1 heterocycles. The second-order valence-electron chi connectivity index (χ2n) is 6.82. The van der Waals surface area contributed by atoms with Gasteiger partial charge >= 0.3 is 0 Å². The fraction of sp³-hybridized carbons (Fsp3) is 0.227. The van der Waals surface area contributed by atoms with Gasteiger partial charge in [0.2, 0.25) is 5.91 Å². The molecule has 0 spiro atoms. The van der Waals surface area contributed by atoms with Gasteiger partial charge in [-0.25, -0.2) is 8.42 Å². The number of nitrogens with zero attached hydrogens (tertiary/aromatic N) is 1. The van der Waals surface area contributed by atoms with Crippen molar-refractivity contribution < 1.29 is 17.9 Å². The minimum atomic E-state index is -3.57. The van der Waals surface area contributed by atoms with Crippen LogP contribution in [0.25, 0.3) is 10.8 Å². The Bertz CT molecular complexity index is 1120. The number of carbonyl (C=O) groups is 1. The molecule has 1 N–H and O–H groups in total. The van der Waals surface area contributed by atoms with E-state index in [1.165, 1.54) is 4.31 Å². The van der Waals surface area contributed by atoms with E-state index in [-0.39, 0.29) is 18.9 Å². The third kappa shape index (κ3) is 3.91. The highest BCUT2D eigenvalue weighted by molar-refractivity contribution is 7.93. The molecule has 0 bridgehead atoms. The zero-order valence-electron chi connectivity index (χ0n) is 15.9. The molecule has 0 saturated carbocycles. The maximum absolute atomic E-state index is 12.9. The maximum Gasteiger partial charge on any atom is 0.265 e. The number of anilines is 1. The lowest BCUT2D eigenvalue weighted by Crippen LogP contribution is -2.31. The van der Waals surface area contributed by atoms with Gasteiger partial charge in [0.05, 0.1) is 17.1 Å². The van der Waals surface area contributed by atoms with E-state index in [1.807, 2.05) is 54.6 Å². The van der Waals surface area contributed by atoms with Crippen LogP contribution in [0.3, 0.4) is 0 Å². The van der Waals surface area contributed by atoms with Gasteiger partial charge in [0.1, 0.15) is 12.4 Å². The van der Waals surface area contributed by atoms with Crippen LogP contribution in [-0.2, 0) is 14.8 Å². The lowest BCUT2D eigenvalue weighted by Gasteiger charge is -2.18. The largest absolute Gasteiger partial charge is 0.492 e. The molecule has 1 aliphatic heterocycles. The Kier molecular flexibility index (Phi) is 5.40. The number of rotatable bonds is 8. The van der Waals surface area contributed by atoms with Crippen LogP contribution in [0.4, 0.5) is 5.69 Å². The van der Waals surface area contributed by atoms with Gasteiger partial charge in [0.15, 0.2) is 0 Å². The van der Waals surface area contributed by atoms with Crippen LogP contribution < -0.4 is 14.4 Å². The van der Waals surface area contributed by atoms with Gasteiger partial charge in [0.25, 0.3) is 10.0 Å². The molecule has 3 aromatic carbocycles. The van der Waals surface area contributed by atoms with Crippen molar-refractivity contribution in [2.75, 3.05) is 24.0 Å². The van der Waals surface area contributed by atoms with E-state index < -0.39 is 10.0 Å². The van der Waals surface area contributed by atoms with Crippen LogP contribution in [0.15, 0.2) is 71.6 Å². The van der Waals surface area contributed by atoms with Gasteiger partial charge in [-0.3, -0.25) is 9.10 Å². The molecular formula is C22H22N2O4S. The number of sulfonamides is 1. The third-order valence-electron chi connectivity index (χ3n) is 4.88. The maximum atomic E-state index is 12.9. The van der Waals surface area contributed by atoms with Crippen LogP contribution >= 0.6 is 0 Å². The Labute approximate surface area is 170 Å². The number of nitrogens with one attached hydrogen (secondary N) is 1. The second-order valence-corrected chi connectivity index (χ2v) is 8.65. The molecule has 150 valence electrons. The number of benzene rings is 3. The summed E-state index contributed by atoms with van der Waals surface area (Å²) in [6, 6.07) is 20.3. The molecular weight excluding hydrogens is 388 g/mol. The molecule has 0 aromatic heterocycles. The van der Waals surface area contributed by atoms with Crippen molar-refractivity contribution in [1.82, 2.24) is 5.32 Å². The fourth-order valence-corrected chi connectivity index (χ4v) is 5.30. The van der Waals surface area contributed by atoms with Crippen LogP contribution in [0, 0.1) is 0 Å². The molecule has 0 radical (unpaired) electrons. The highest BCUT2D eigenvalue weighted by Gasteiger charge is 2.34. The zero-order chi connectivity index (χ0) is 20.3. The second kappa shape index (κ2) is 8.13. The number of ether oxygens (including phenoxy) is 1. The average Bonchev–Trinajstić information content (AvgIpc) is 2.95. The minimum Gasteiger partial charge on any atom is -0.492 e. The van der Waals surface area contributed by atoms with Crippen molar-refractivity contribution in [2.24, 2.45) is 0 Å². The first-order chi connectivity index (χ1) is 14.1. The van der Waals surface area contributed by atoms with Gasteiger partial charge in [-0.15, -0.1) is 0 Å². The third-order valence-corrected chi connectivity index (χ3v) is 6.74. The quantitative estimate of drug-likeness (QED) is 0.578. The molecule has 29 heavy (non-hydrogen) atoms. The summed E-state index contributed by atoms with van der Waals surface area (Å²) in [5.41, 5.74) is 0.690. The predicted octanol–water partition coefficient (Wildman–Crippen LogP) is 3.32. The van der Waals surface area contributed by atoms with Gasteiger partial charge in [-0.05, 0) is 36.1 Å².